The maximum absolute atomic E-state index is 13.3. The fraction of sp³-hybridized carbons (Fsp3) is 0. The Morgan fingerprint density at radius 1 is 1.13 bits per heavy atom. The highest BCUT2D eigenvalue weighted by Crippen LogP contribution is 2.30. The molecule has 1 amide bonds. The standard InChI is InChI=1S/C19H12BrFN6O3/c20-14-10-12(21)3-4-15(14)29-18-13(2-1-7-23-18)17(28)25-26-19-24-16(27-30-19)11-5-8-22-9-6-11/h1-10H,(H,25,28)(H,24,26,27). The highest BCUT2D eigenvalue weighted by Gasteiger charge is 2.17. The zero-order valence-corrected chi connectivity index (χ0v) is 16.6. The first-order valence-corrected chi connectivity index (χ1v) is 9.28. The number of aromatic nitrogens is 4. The molecule has 30 heavy (non-hydrogen) atoms. The lowest BCUT2D eigenvalue weighted by atomic mass is 10.2. The zero-order valence-electron chi connectivity index (χ0n) is 15.0. The first-order chi connectivity index (χ1) is 14.6. The Balaban J connectivity index is 1.46. The van der Waals surface area contributed by atoms with E-state index in [1.807, 2.05) is 0 Å². The number of carbonyl (C=O) groups is 1. The van der Waals surface area contributed by atoms with Crippen molar-refractivity contribution in [1.82, 2.24) is 25.5 Å². The predicted octanol–water partition coefficient (Wildman–Crippen LogP) is 3.98. The molecular weight excluding hydrogens is 459 g/mol. The second-order valence-electron chi connectivity index (χ2n) is 5.77. The third-order valence-corrected chi connectivity index (χ3v) is 4.38. The number of carbonyl (C=O) groups excluding carboxylic acids is 1. The Labute approximate surface area is 177 Å². The average Bonchev–Trinajstić information content (AvgIpc) is 3.24. The monoisotopic (exact) mass is 470 g/mol. The van der Waals surface area contributed by atoms with Crippen molar-refractivity contribution in [3.05, 3.63) is 76.9 Å². The maximum atomic E-state index is 13.3. The van der Waals surface area contributed by atoms with Crippen LogP contribution in [0.15, 0.2) is 70.1 Å². The molecule has 0 saturated heterocycles. The lowest BCUT2D eigenvalue weighted by Crippen LogP contribution is -2.30. The van der Waals surface area contributed by atoms with Gasteiger partial charge in [-0.3, -0.25) is 15.2 Å². The molecule has 150 valence electrons. The molecule has 0 saturated carbocycles. The molecule has 11 heteroatoms. The van der Waals surface area contributed by atoms with Gasteiger partial charge in [0.15, 0.2) is 0 Å². The highest BCUT2D eigenvalue weighted by molar-refractivity contribution is 9.10. The van der Waals surface area contributed by atoms with Crippen LogP contribution in [0.1, 0.15) is 10.4 Å². The van der Waals surface area contributed by atoms with Crippen molar-refractivity contribution in [2.75, 3.05) is 5.43 Å². The molecule has 0 unspecified atom stereocenters. The average molecular weight is 471 g/mol. The number of halogens is 2. The second kappa shape index (κ2) is 8.66. The van der Waals surface area contributed by atoms with Crippen molar-refractivity contribution in [3.8, 4) is 23.0 Å². The molecule has 1 aromatic carbocycles. The van der Waals surface area contributed by atoms with Gasteiger partial charge < -0.3 is 9.26 Å². The number of hydrogen-bond donors (Lipinski definition) is 2. The molecule has 0 atom stereocenters. The minimum atomic E-state index is -0.556. The Bertz CT molecular complexity index is 1190. The molecule has 0 radical (unpaired) electrons. The number of ether oxygens (including phenoxy) is 1. The lowest BCUT2D eigenvalue weighted by molar-refractivity contribution is 0.0958. The molecule has 0 bridgehead atoms. The molecule has 0 aliphatic heterocycles. The van der Waals surface area contributed by atoms with E-state index >= 15 is 0 Å². The van der Waals surface area contributed by atoms with E-state index in [9.17, 15) is 9.18 Å². The first-order valence-electron chi connectivity index (χ1n) is 8.48. The summed E-state index contributed by atoms with van der Waals surface area (Å²) in [5.74, 6) is -0.313. The van der Waals surface area contributed by atoms with Crippen LogP contribution in [0, 0.1) is 5.82 Å². The molecule has 0 aliphatic rings. The van der Waals surface area contributed by atoms with Crippen molar-refractivity contribution in [2.24, 2.45) is 0 Å². The van der Waals surface area contributed by atoms with Crippen LogP contribution in [0.5, 0.6) is 11.6 Å². The van der Waals surface area contributed by atoms with E-state index in [0.717, 1.165) is 0 Å². The van der Waals surface area contributed by atoms with Gasteiger partial charge in [0, 0.05) is 24.2 Å². The molecular formula is C19H12BrFN6O3. The van der Waals surface area contributed by atoms with Crippen LogP contribution < -0.4 is 15.6 Å². The molecule has 0 aliphatic carbocycles. The zero-order chi connectivity index (χ0) is 20.9. The van der Waals surface area contributed by atoms with Gasteiger partial charge in [-0.05, 0) is 58.4 Å². The number of anilines is 1. The number of rotatable bonds is 6. The van der Waals surface area contributed by atoms with Gasteiger partial charge in [0.05, 0.1) is 4.47 Å². The summed E-state index contributed by atoms with van der Waals surface area (Å²) in [7, 11) is 0. The minimum Gasteiger partial charge on any atom is -0.437 e. The lowest BCUT2D eigenvalue weighted by Gasteiger charge is -2.11. The highest BCUT2D eigenvalue weighted by atomic mass is 79.9. The van der Waals surface area contributed by atoms with Gasteiger partial charge in [-0.2, -0.15) is 4.98 Å². The van der Waals surface area contributed by atoms with Crippen molar-refractivity contribution >= 4 is 27.9 Å². The quantitative estimate of drug-likeness (QED) is 0.406. The number of pyridine rings is 2. The van der Waals surface area contributed by atoms with Gasteiger partial charge >= 0.3 is 6.01 Å². The molecule has 3 aromatic heterocycles. The Hall–Kier alpha value is -3.86. The molecule has 0 fully saturated rings. The Morgan fingerprint density at radius 2 is 1.97 bits per heavy atom. The third-order valence-electron chi connectivity index (χ3n) is 3.76. The van der Waals surface area contributed by atoms with Gasteiger partial charge in [0.2, 0.25) is 11.7 Å². The van der Waals surface area contributed by atoms with Crippen molar-refractivity contribution in [2.45, 2.75) is 0 Å². The molecule has 2 N–H and O–H groups in total. The summed E-state index contributed by atoms with van der Waals surface area (Å²) in [6.07, 6.45) is 4.67. The van der Waals surface area contributed by atoms with E-state index in [2.05, 4.69) is 46.9 Å². The molecule has 4 rings (SSSR count). The van der Waals surface area contributed by atoms with Crippen molar-refractivity contribution in [3.63, 3.8) is 0 Å². The van der Waals surface area contributed by atoms with Gasteiger partial charge in [-0.15, -0.1) is 0 Å². The van der Waals surface area contributed by atoms with Gasteiger partial charge in [-0.25, -0.2) is 14.8 Å². The fourth-order valence-corrected chi connectivity index (χ4v) is 2.81. The van der Waals surface area contributed by atoms with Crippen LogP contribution in [0.4, 0.5) is 10.4 Å². The maximum Gasteiger partial charge on any atom is 0.340 e. The molecule has 4 aromatic rings. The number of nitrogens with one attached hydrogen (secondary N) is 2. The van der Waals surface area contributed by atoms with E-state index in [0.29, 0.717) is 21.6 Å². The van der Waals surface area contributed by atoms with Crippen LogP contribution in [-0.2, 0) is 0 Å². The summed E-state index contributed by atoms with van der Waals surface area (Å²) < 4.78 is 24.4. The molecule has 0 spiro atoms. The fourth-order valence-electron chi connectivity index (χ4n) is 2.38. The van der Waals surface area contributed by atoms with E-state index in [4.69, 9.17) is 9.26 Å². The Morgan fingerprint density at radius 3 is 2.77 bits per heavy atom. The number of amides is 1. The predicted molar refractivity (Wildman–Crippen MR) is 107 cm³/mol. The topological polar surface area (TPSA) is 115 Å². The van der Waals surface area contributed by atoms with Crippen LogP contribution >= 0.6 is 15.9 Å². The van der Waals surface area contributed by atoms with Crippen molar-refractivity contribution < 1.29 is 18.4 Å². The first kappa shape index (κ1) is 19.5. The summed E-state index contributed by atoms with van der Waals surface area (Å²) in [6.45, 7) is 0. The number of nitrogens with zero attached hydrogens (tertiary/aromatic N) is 4. The third kappa shape index (κ3) is 4.41. The van der Waals surface area contributed by atoms with Crippen molar-refractivity contribution in [1.29, 1.82) is 0 Å². The van der Waals surface area contributed by atoms with E-state index < -0.39 is 11.7 Å². The van der Waals surface area contributed by atoms with Gasteiger partial charge in [0.25, 0.3) is 5.91 Å². The molecule has 9 nitrogen and oxygen atoms in total. The van der Waals surface area contributed by atoms with E-state index in [1.54, 1.807) is 30.6 Å². The number of hydrazine groups is 1. The van der Waals surface area contributed by atoms with E-state index in [-0.39, 0.29) is 17.5 Å². The van der Waals surface area contributed by atoms with E-state index in [1.165, 1.54) is 30.5 Å². The SMILES string of the molecule is O=C(NNc1nc(-c2ccncc2)no1)c1cccnc1Oc1ccc(F)cc1Br. The smallest absolute Gasteiger partial charge is 0.340 e. The van der Waals surface area contributed by atoms with Crippen LogP contribution in [-0.4, -0.2) is 26.0 Å². The second-order valence-corrected chi connectivity index (χ2v) is 6.63. The number of hydrogen-bond acceptors (Lipinski definition) is 8. The van der Waals surface area contributed by atoms with Gasteiger partial charge in [-0.1, -0.05) is 5.16 Å². The normalized spacial score (nSPS) is 10.5. The summed E-state index contributed by atoms with van der Waals surface area (Å²) in [6, 6.07) is 10.4. The summed E-state index contributed by atoms with van der Waals surface area (Å²) >= 11 is 3.21. The minimum absolute atomic E-state index is 0.0113. The number of benzene rings is 1. The van der Waals surface area contributed by atoms with Crippen LogP contribution in [0.3, 0.4) is 0 Å². The summed E-state index contributed by atoms with van der Waals surface area (Å²) in [5.41, 5.74) is 5.83. The van der Waals surface area contributed by atoms with Crippen LogP contribution in [0.25, 0.3) is 11.4 Å². The summed E-state index contributed by atoms with van der Waals surface area (Å²) in [4.78, 5) is 24.7. The largest absolute Gasteiger partial charge is 0.437 e. The molecule has 3 heterocycles. The van der Waals surface area contributed by atoms with Gasteiger partial charge in [0.1, 0.15) is 17.1 Å². The summed E-state index contributed by atoms with van der Waals surface area (Å²) in [5, 5.41) is 3.83. The Kier molecular flexibility index (Phi) is 5.61. The van der Waals surface area contributed by atoms with Crippen LogP contribution in [0.2, 0.25) is 0 Å².